The third-order valence-electron chi connectivity index (χ3n) is 5.25. The Balaban J connectivity index is 1.73. The van der Waals surface area contributed by atoms with E-state index in [2.05, 4.69) is 25.6 Å². The molecule has 0 saturated heterocycles. The van der Waals surface area contributed by atoms with E-state index in [1.807, 2.05) is 24.3 Å². The lowest BCUT2D eigenvalue weighted by Crippen LogP contribution is -2.29. The summed E-state index contributed by atoms with van der Waals surface area (Å²) in [5.41, 5.74) is 1.85. The number of para-hydroxylation sites is 1. The third-order valence-corrected chi connectivity index (χ3v) is 6.31. The van der Waals surface area contributed by atoms with E-state index in [1.165, 1.54) is 11.3 Å². The summed E-state index contributed by atoms with van der Waals surface area (Å²) in [5, 5.41) is 25.8. The molecule has 1 aliphatic rings. The molecule has 0 spiro atoms. The van der Waals surface area contributed by atoms with Crippen LogP contribution in [-0.2, 0) is 0 Å². The fourth-order valence-electron chi connectivity index (χ4n) is 3.77. The van der Waals surface area contributed by atoms with Gasteiger partial charge in [0.15, 0.2) is 0 Å². The maximum Gasteiger partial charge on any atom is 0.405 e. The van der Waals surface area contributed by atoms with Crippen LogP contribution in [0.2, 0.25) is 0 Å². The summed E-state index contributed by atoms with van der Waals surface area (Å²) in [5.74, 6) is 0.0939. The number of hydrogen-bond donors (Lipinski definition) is 4. The molecule has 3 atom stereocenters. The lowest BCUT2D eigenvalue weighted by atomic mass is 10.1. The van der Waals surface area contributed by atoms with Crippen molar-refractivity contribution in [1.29, 1.82) is 0 Å². The second-order valence-corrected chi connectivity index (χ2v) is 8.68. The minimum absolute atomic E-state index is 0.0405. The van der Waals surface area contributed by atoms with Crippen LogP contribution in [-0.4, -0.2) is 56.6 Å². The molecule has 0 aliphatic heterocycles. The molecule has 3 aromatic rings. The Morgan fingerprint density at radius 2 is 1.94 bits per heavy atom. The molecule has 31 heavy (non-hydrogen) atoms. The van der Waals surface area contributed by atoms with Gasteiger partial charge in [0.05, 0.1) is 33.6 Å². The summed E-state index contributed by atoms with van der Waals surface area (Å²) < 4.78 is 39.0. The van der Waals surface area contributed by atoms with Crippen LogP contribution in [0, 0.1) is 12.8 Å². The van der Waals surface area contributed by atoms with Crippen molar-refractivity contribution in [3.63, 3.8) is 0 Å². The number of aliphatic hydroxyl groups is 2. The van der Waals surface area contributed by atoms with Crippen molar-refractivity contribution in [2.24, 2.45) is 5.92 Å². The smallest absolute Gasteiger partial charge is 0.396 e. The SMILES string of the molecule is Cc1nc(NCC(F)(F)F)nc(NC2CC(CO)CC2O)c1-c1nc2ccccc2s1. The molecule has 2 aromatic heterocycles. The second-order valence-electron chi connectivity index (χ2n) is 7.65. The van der Waals surface area contributed by atoms with E-state index in [4.69, 9.17) is 0 Å². The highest BCUT2D eigenvalue weighted by molar-refractivity contribution is 7.21. The van der Waals surface area contributed by atoms with E-state index >= 15 is 0 Å². The quantitative estimate of drug-likeness (QED) is 0.452. The molecule has 1 saturated carbocycles. The van der Waals surface area contributed by atoms with Crippen molar-refractivity contribution < 1.29 is 23.4 Å². The molecule has 3 unspecified atom stereocenters. The van der Waals surface area contributed by atoms with Gasteiger partial charge < -0.3 is 20.8 Å². The highest BCUT2D eigenvalue weighted by atomic mass is 32.1. The molecule has 0 radical (unpaired) electrons. The molecule has 1 fully saturated rings. The van der Waals surface area contributed by atoms with Crippen molar-refractivity contribution in [2.75, 3.05) is 23.8 Å². The number of fused-ring (bicyclic) bond motifs is 1. The minimum atomic E-state index is -4.41. The first-order valence-electron chi connectivity index (χ1n) is 9.84. The number of nitrogens with one attached hydrogen (secondary N) is 2. The van der Waals surface area contributed by atoms with Gasteiger partial charge in [-0.05, 0) is 37.8 Å². The fourth-order valence-corrected chi connectivity index (χ4v) is 4.83. The number of aromatic nitrogens is 3. The van der Waals surface area contributed by atoms with E-state index in [9.17, 15) is 23.4 Å². The van der Waals surface area contributed by atoms with Gasteiger partial charge in [-0.3, -0.25) is 0 Å². The standard InChI is InChI=1S/C20H22F3N5O2S/c1-10-16(18-27-12-4-2-3-5-15(12)31-18)17(26-13-6-11(8-29)7-14(13)30)28-19(25-10)24-9-20(21,22)23/h2-5,11,13-14,29-30H,6-9H2,1H3,(H2,24,25,26,28). The maximum atomic E-state index is 12.7. The van der Waals surface area contributed by atoms with Gasteiger partial charge in [0.25, 0.3) is 0 Å². The summed E-state index contributed by atoms with van der Waals surface area (Å²) in [7, 11) is 0. The van der Waals surface area contributed by atoms with Crippen LogP contribution in [0.3, 0.4) is 0 Å². The first-order chi connectivity index (χ1) is 14.7. The third kappa shape index (κ3) is 4.89. The number of nitrogens with zero attached hydrogens (tertiary/aromatic N) is 3. The van der Waals surface area contributed by atoms with Crippen LogP contribution in [0.1, 0.15) is 18.5 Å². The van der Waals surface area contributed by atoms with E-state index in [0.29, 0.717) is 34.9 Å². The summed E-state index contributed by atoms with van der Waals surface area (Å²) >= 11 is 1.43. The first kappa shape index (κ1) is 21.7. The van der Waals surface area contributed by atoms with Gasteiger partial charge in [-0.25, -0.2) is 9.97 Å². The average molecular weight is 453 g/mol. The molecule has 7 nitrogen and oxygen atoms in total. The van der Waals surface area contributed by atoms with Gasteiger partial charge in [-0.1, -0.05) is 12.1 Å². The lowest BCUT2D eigenvalue weighted by molar-refractivity contribution is -0.115. The number of aliphatic hydroxyl groups excluding tert-OH is 2. The Labute approximate surface area is 180 Å². The Hall–Kier alpha value is -2.50. The molecule has 0 amide bonds. The van der Waals surface area contributed by atoms with Gasteiger partial charge in [0.1, 0.15) is 17.4 Å². The van der Waals surface area contributed by atoms with Crippen LogP contribution in [0.5, 0.6) is 0 Å². The molecule has 2 heterocycles. The Bertz CT molecular complexity index is 1040. The van der Waals surface area contributed by atoms with Crippen LogP contribution in [0.25, 0.3) is 20.8 Å². The van der Waals surface area contributed by atoms with E-state index in [1.54, 1.807) is 6.92 Å². The number of benzene rings is 1. The van der Waals surface area contributed by atoms with Crippen molar-refractivity contribution in [3.8, 4) is 10.6 Å². The minimum Gasteiger partial charge on any atom is -0.396 e. The molecule has 1 aliphatic carbocycles. The summed E-state index contributed by atoms with van der Waals surface area (Å²) in [6.45, 7) is 0.390. The molecule has 4 rings (SSSR count). The van der Waals surface area contributed by atoms with Gasteiger partial charge in [0, 0.05) is 6.61 Å². The van der Waals surface area contributed by atoms with Gasteiger partial charge >= 0.3 is 6.18 Å². The summed E-state index contributed by atoms with van der Waals surface area (Å²) in [4.78, 5) is 13.1. The predicted molar refractivity (Wildman–Crippen MR) is 113 cm³/mol. The van der Waals surface area contributed by atoms with Crippen molar-refractivity contribution in [2.45, 2.75) is 38.1 Å². The normalized spacial score (nSPS) is 21.5. The van der Waals surface area contributed by atoms with Crippen LogP contribution in [0.15, 0.2) is 24.3 Å². The number of rotatable bonds is 6. The Kier molecular flexibility index (Phi) is 6.00. The van der Waals surface area contributed by atoms with Gasteiger partial charge in [-0.15, -0.1) is 11.3 Å². The lowest BCUT2D eigenvalue weighted by Gasteiger charge is -2.20. The molecular formula is C20H22F3N5O2S. The Morgan fingerprint density at radius 3 is 2.61 bits per heavy atom. The van der Waals surface area contributed by atoms with Crippen LogP contribution in [0.4, 0.5) is 24.9 Å². The zero-order chi connectivity index (χ0) is 22.2. The fraction of sp³-hybridized carbons (Fsp3) is 0.450. The molecule has 4 N–H and O–H groups in total. The molecule has 1 aromatic carbocycles. The number of anilines is 2. The molecule has 0 bridgehead atoms. The summed E-state index contributed by atoms with van der Waals surface area (Å²) in [6.07, 6.45) is -4.16. The van der Waals surface area contributed by atoms with E-state index in [-0.39, 0.29) is 18.5 Å². The zero-order valence-corrected chi connectivity index (χ0v) is 17.5. The Morgan fingerprint density at radius 1 is 1.16 bits per heavy atom. The molecular weight excluding hydrogens is 431 g/mol. The first-order valence-corrected chi connectivity index (χ1v) is 10.7. The number of halogens is 3. The highest BCUT2D eigenvalue weighted by Gasteiger charge is 2.34. The molecule has 166 valence electrons. The topological polar surface area (TPSA) is 103 Å². The predicted octanol–water partition coefficient (Wildman–Crippen LogP) is 3.58. The van der Waals surface area contributed by atoms with Crippen molar-refractivity contribution in [1.82, 2.24) is 15.0 Å². The number of hydrogen-bond acceptors (Lipinski definition) is 8. The zero-order valence-electron chi connectivity index (χ0n) is 16.6. The number of alkyl halides is 3. The van der Waals surface area contributed by atoms with Crippen molar-refractivity contribution >= 4 is 33.3 Å². The van der Waals surface area contributed by atoms with Gasteiger partial charge in [-0.2, -0.15) is 18.2 Å². The van der Waals surface area contributed by atoms with Crippen LogP contribution < -0.4 is 10.6 Å². The van der Waals surface area contributed by atoms with E-state index in [0.717, 1.165) is 10.2 Å². The maximum absolute atomic E-state index is 12.7. The number of thiazole rings is 1. The second kappa shape index (κ2) is 8.56. The highest BCUT2D eigenvalue weighted by Crippen LogP contribution is 2.38. The molecule has 11 heteroatoms. The van der Waals surface area contributed by atoms with Crippen molar-refractivity contribution in [3.05, 3.63) is 30.0 Å². The van der Waals surface area contributed by atoms with Gasteiger partial charge in [0.2, 0.25) is 5.95 Å². The van der Waals surface area contributed by atoms with Crippen LogP contribution >= 0.6 is 11.3 Å². The van der Waals surface area contributed by atoms with E-state index < -0.39 is 24.9 Å². The average Bonchev–Trinajstić information content (AvgIpc) is 3.28. The number of aryl methyl sites for hydroxylation is 1. The monoisotopic (exact) mass is 453 g/mol. The largest absolute Gasteiger partial charge is 0.405 e. The summed E-state index contributed by atoms with van der Waals surface area (Å²) in [6, 6.07) is 7.20.